The predicted molar refractivity (Wildman–Crippen MR) is 77.2 cm³/mol. The van der Waals surface area contributed by atoms with Crippen molar-refractivity contribution in [2.24, 2.45) is 0 Å². The van der Waals surface area contributed by atoms with Crippen molar-refractivity contribution in [1.82, 2.24) is 0 Å². The second kappa shape index (κ2) is 12.2. The van der Waals surface area contributed by atoms with Crippen molar-refractivity contribution in [2.45, 2.75) is 52.5 Å². The second-order valence-corrected chi connectivity index (χ2v) is 4.48. The summed E-state index contributed by atoms with van der Waals surface area (Å²) >= 11 is 0. The Balaban J connectivity index is 5.06. The highest BCUT2D eigenvalue weighted by atomic mass is 16.8. The van der Waals surface area contributed by atoms with Crippen molar-refractivity contribution in [3.05, 3.63) is 0 Å². The summed E-state index contributed by atoms with van der Waals surface area (Å²) in [4.78, 5) is 22.2. The van der Waals surface area contributed by atoms with Crippen molar-refractivity contribution in [3.63, 3.8) is 0 Å². The molecule has 4 unspecified atom stereocenters. The van der Waals surface area contributed by atoms with Crippen LogP contribution < -0.4 is 0 Å². The summed E-state index contributed by atoms with van der Waals surface area (Å²) in [5.41, 5.74) is 0. The standard InChI is InChI=1S/C14H26O9/c1-5-19-13(11(18)7-15)23-14(20-6-2)12(22-10(4)17)8-21-9(3)16/h11-15,18H,5-8H2,1-4H3. The fraction of sp³-hybridized carbons (Fsp3) is 0.857. The highest BCUT2D eigenvalue weighted by Crippen LogP contribution is 2.14. The van der Waals surface area contributed by atoms with Crippen molar-refractivity contribution < 1.29 is 43.5 Å². The number of esters is 2. The number of aliphatic hydroxyl groups excluding tert-OH is 2. The zero-order valence-electron chi connectivity index (χ0n) is 13.9. The maximum atomic E-state index is 11.2. The van der Waals surface area contributed by atoms with Crippen LogP contribution in [-0.4, -0.2) is 73.4 Å². The second-order valence-electron chi connectivity index (χ2n) is 4.48. The van der Waals surface area contributed by atoms with E-state index in [4.69, 9.17) is 28.8 Å². The first-order valence-electron chi connectivity index (χ1n) is 7.33. The van der Waals surface area contributed by atoms with Gasteiger partial charge in [0.15, 0.2) is 12.4 Å². The molecule has 0 aliphatic carbocycles. The van der Waals surface area contributed by atoms with Crippen LogP contribution in [-0.2, 0) is 33.3 Å². The van der Waals surface area contributed by atoms with Crippen LogP contribution >= 0.6 is 0 Å². The first-order chi connectivity index (χ1) is 10.8. The summed E-state index contributed by atoms with van der Waals surface area (Å²) in [6, 6.07) is 0. The van der Waals surface area contributed by atoms with Crippen LogP contribution in [0.4, 0.5) is 0 Å². The smallest absolute Gasteiger partial charge is 0.303 e. The molecule has 0 fully saturated rings. The van der Waals surface area contributed by atoms with Crippen LogP contribution in [0, 0.1) is 0 Å². The van der Waals surface area contributed by atoms with Crippen molar-refractivity contribution in [1.29, 1.82) is 0 Å². The third kappa shape index (κ3) is 9.47. The molecule has 0 bridgehead atoms. The molecule has 136 valence electrons. The van der Waals surface area contributed by atoms with E-state index in [1.165, 1.54) is 13.8 Å². The van der Waals surface area contributed by atoms with E-state index in [2.05, 4.69) is 0 Å². The molecular formula is C14H26O9. The van der Waals surface area contributed by atoms with E-state index in [1.54, 1.807) is 13.8 Å². The average Bonchev–Trinajstić information content (AvgIpc) is 2.49. The van der Waals surface area contributed by atoms with E-state index < -0.39 is 43.3 Å². The molecule has 0 aromatic carbocycles. The Morgan fingerprint density at radius 2 is 1.57 bits per heavy atom. The molecule has 0 saturated carbocycles. The topological polar surface area (TPSA) is 121 Å². The Morgan fingerprint density at radius 1 is 1.00 bits per heavy atom. The number of rotatable bonds is 12. The quantitative estimate of drug-likeness (QED) is 0.361. The van der Waals surface area contributed by atoms with Gasteiger partial charge in [0, 0.05) is 27.1 Å². The molecule has 0 radical (unpaired) electrons. The number of aliphatic hydroxyl groups is 2. The van der Waals surface area contributed by atoms with Gasteiger partial charge in [0.05, 0.1) is 6.61 Å². The lowest BCUT2D eigenvalue weighted by Crippen LogP contribution is -2.45. The van der Waals surface area contributed by atoms with E-state index in [-0.39, 0.29) is 19.8 Å². The van der Waals surface area contributed by atoms with Gasteiger partial charge in [-0.1, -0.05) is 0 Å². The zero-order valence-corrected chi connectivity index (χ0v) is 13.9. The van der Waals surface area contributed by atoms with Crippen LogP contribution in [0.15, 0.2) is 0 Å². The predicted octanol–water partition coefficient (Wildman–Crippen LogP) is -0.424. The lowest BCUT2D eigenvalue weighted by Gasteiger charge is -2.31. The monoisotopic (exact) mass is 338 g/mol. The number of ether oxygens (including phenoxy) is 5. The Kier molecular flexibility index (Phi) is 11.5. The fourth-order valence-electron chi connectivity index (χ4n) is 1.60. The maximum Gasteiger partial charge on any atom is 0.303 e. The Morgan fingerprint density at radius 3 is 2.00 bits per heavy atom. The molecule has 0 aliphatic rings. The Hall–Kier alpha value is -1.26. The molecule has 0 aromatic rings. The summed E-state index contributed by atoms with van der Waals surface area (Å²) in [5.74, 6) is -1.18. The normalized spacial score (nSPS) is 16.3. The van der Waals surface area contributed by atoms with Crippen LogP contribution in [0.5, 0.6) is 0 Å². The summed E-state index contributed by atoms with van der Waals surface area (Å²) < 4.78 is 25.9. The number of carbonyl (C=O) groups is 2. The zero-order chi connectivity index (χ0) is 17.8. The lowest BCUT2D eigenvalue weighted by atomic mass is 10.3. The minimum Gasteiger partial charge on any atom is -0.462 e. The van der Waals surface area contributed by atoms with Crippen LogP contribution in [0.1, 0.15) is 27.7 Å². The molecule has 0 spiro atoms. The molecule has 0 saturated heterocycles. The Bertz CT molecular complexity index is 347. The van der Waals surface area contributed by atoms with E-state index in [0.29, 0.717) is 0 Å². The molecule has 0 aliphatic heterocycles. The van der Waals surface area contributed by atoms with Gasteiger partial charge in [-0.15, -0.1) is 0 Å². The number of carbonyl (C=O) groups excluding carboxylic acids is 2. The van der Waals surface area contributed by atoms with Gasteiger partial charge in [-0.2, -0.15) is 0 Å². The van der Waals surface area contributed by atoms with Gasteiger partial charge in [-0.05, 0) is 13.8 Å². The molecule has 0 aromatic heterocycles. The van der Waals surface area contributed by atoms with E-state index in [0.717, 1.165) is 0 Å². The van der Waals surface area contributed by atoms with Crippen molar-refractivity contribution in [2.75, 3.05) is 26.4 Å². The highest BCUT2D eigenvalue weighted by Gasteiger charge is 2.32. The van der Waals surface area contributed by atoms with E-state index >= 15 is 0 Å². The van der Waals surface area contributed by atoms with Crippen molar-refractivity contribution >= 4 is 11.9 Å². The molecular weight excluding hydrogens is 312 g/mol. The van der Waals surface area contributed by atoms with Crippen LogP contribution in [0.2, 0.25) is 0 Å². The van der Waals surface area contributed by atoms with Gasteiger partial charge < -0.3 is 33.9 Å². The first-order valence-corrected chi connectivity index (χ1v) is 7.33. The van der Waals surface area contributed by atoms with E-state index in [1.807, 2.05) is 0 Å². The third-order valence-electron chi connectivity index (χ3n) is 2.50. The van der Waals surface area contributed by atoms with Gasteiger partial charge in [0.1, 0.15) is 12.7 Å². The van der Waals surface area contributed by atoms with E-state index in [9.17, 15) is 14.7 Å². The van der Waals surface area contributed by atoms with Gasteiger partial charge >= 0.3 is 11.9 Å². The fourth-order valence-corrected chi connectivity index (χ4v) is 1.60. The lowest BCUT2D eigenvalue weighted by molar-refractivity contribution is -0.300. The largest absolute Gasteiger partial charge is 0.462 e. The Labute approximate surface area is 135 Å². The SMILES string of the molecule is CCOC(OC(OCC)C(COC(C)=O)OC(C)=O)C(O)CO. The molecule has 0 rings (SSSR count). The maximum absolute atomic E-state index is 11.2. The van der Waals surface area contributed by atoms with Gasteiger partial charge in [-0.25, -0.2) is 0 Å². The van der Waals surface area contributed by atoms with Crippen LogP contribution in [0.3, 0.4) is 0 Å². The van der Waals surface area contributed by atoms with Crippen molar-refractivity contribution in [3.8, 4) is 0 Å². The minimum atomic E-state index is -1.32. The summed E-state index contributed by atoms with van der Waals surface area (Å²) in [7, 11) is 0. The molecule has 2 N–H and O–H groups in total. The first kappa shape index (κ1) is 21.7. The molecule has 9 heteroatoms. The van der Waals surface area contributed by atoms with Gasteiger partial charge in [0.2, 0.25) is 6.29 Å². The molecule has 0 amide bonds. The number of hydrogen-bond donors (Lipinski definition) is 2. The third-order valence-corrected chi connectivity index (χ3v) is 2.50. The molecule has 9 nitrogen and oxygen atoms in total. The van der Waals surface area contributed by atoms with Crippen LogP contribution in [0.25, 0.3) is 0 Å². The van der Waals surface area contributed by atoms with Gasteiger partial charge in [0.25, 0.3) is 0 Å². The minimum absolute atomic E-state index is 0.205. The summed E-state index contributed by atoms with van der Waals surface area (Å²) in [6.45, 7) is 5.30. The summed E-state index contributed by atoms with van der Waals surface area (Å²) in [6.07, 6.45) is -4.72. The van der Waals surface area contributed by atoms with Gasteiger partial charge in [-0.3, -0.25) is 9.59 Å². The average molecular weight is 338 g/mol. The number of hydrogen-bond acceptors (Lipinski definition) is 9. The molecule has 23 heavy (non-hydrogen) atoms. The summed E-state index contributed by atoms with van der Waals surface area (Å²) in [5, 5.41) is 18.7. The molecule has 4 atom stereocenters. The molecule has 0 heterocycles. The highest BCUT2D eigenvalue weighted by molar-refractivity contribution is 5.67.